The second-order valence-corrected chi connectivity index (χ2v) is 7.83. The fourth-order valence-electron chi connectivity index (χ4n) is 3.60. The van der Waals surface area contributed by atoms with Crippen LogP contribution < -0.4 is 5.32 Å². The van der Waals surface area contributed by atoms with Gasteiger partial charge in [0.25, 0.3) is 5.91 Å². The number of fused-ring (bicyclic) bond motifs is 1. The maximum Gasteiger partial charge on any atom is 0.272 e. The summed E-state index contributed by atoms with van der Waals surface area (Å²) in [7, 11) is 0. The first kappa shape index (κ1) is 18.2. The molecule has 8 heteroatoms. The number of carbonyl (C=O) groups is 1. The smallest absolute Gasteiger partial charge is 0.272 e. The van der Waals surface area contributed by atoms with E-state index in [1.54, 1.807) is 16.8 Å². The summed E-state index contributed by atoms with van der Waals surface area (Å²) in [5.41, 5.74) is 2.61. The topological polar surface area (TPSA) is 77.1 Å². The molecule has 1 N–H and O–H groups in total. The SMILES string of the molecule is CCn1cc(Br)c(-c2ccnc3cc(C(=O)NC4CCCCCC4)nn23)n1. The molecule has 27 heavy (non-hydrogen) atoms. The van der Waals surface area contributed by atoms with Gasteiger partial charge in [0, 0.05) is 31.0 Å². The van der Waals surface area contributed by atoms with Crippen LogP contribution in [0.2, 0.25) is 0 Å². The molecule has 3 heterocycles. The molecule has 0 bridgehead atoms. The van der Waals surface area contributed by atoms with Gasteiger partial charge in [-0.15, -0.1) is 0 Å². The lowest BCUT2D eigenvalue weighted by Gasteiger charge is -2.14. The highest BCUT2D eigenvalue weighted by Gasteiger charge is 2.20. The van der Waals surface area contributed by atoms with Crippen LogP contribution in [0.1, 0.15) is 55.9 Å². The molecule has 1 saturated carbocycles. The fourth-order valence-corrected chi connectivity index (χ4v) is 4.12. The number of rotatable bonds is 4. The van der Waals surface area contributed by atoms with Crippen molar-refractivity contribution in [3.8, 4) is 11.4 Å². The molecule has 0 aliphatic heterocycles. The van der Waals surface area contributed by atoms with Crippen LogP contribution >= 0.6 is 15.9 Å². The van der Waals surface area contributed by atoms with Crippen LogP contribution in [-0.4, -0.2) is 36.3 Å². The molecule has 142 valence electrons. The molecule has 0 saturated heterocycles. The number of halogens is 1. The van der Waals surface area contributed by atoms with Crippen LogP contribution in [-0.2, 0) is 6.54 Å². The van der Waals surface area contributed by atoms with Crippen LogP contribution in [0.15, 0.2) is 29.0 Å². The molecule has 1 aliphatic carbocycles. The quantitative estimate of drug-likeness (QED) is 0.637. The van der Waals surface area contributed by atoms with E-state index in [2.05, 4.69) is 36.4 Å². The highest BCUT2D eigenvalue weighted by atomic mass is 79.9. The monoisotopic (exact) mass is 430 g/mol. The molecule has 1 fully saturated rings. The van der Waals surface area contributed by atoms with Crippen molar-refractivity contribution in [2.75, 3.05) is 0 Å². The third kappa shape index (κ3) is 3.76. The normalized spacial score (nSPS) is 15.8. The molecule has 1 amide bonds. The Morgan fingerprint density at radius 1 is 1.26 bits per heavy atom. The number of nitrogens with zero attached hydrogens (tertiary/aromatic N) is 5. The van der Waals surface area contributed by atoms with Crippen molar-refractivity contribution >= 4 is 27.5 Å². The van der Waals surface area contributed by atoms with E-state index in [1.165, 1.54) is 25.7 Å². The predicted octanol–water partition coefficient (Wildman–Crippen LogP) is 3.83. The van der Waals surface area contributed by atoms with E-state index in [0.717, 1.165) is 35.2 Å². The Morgan fingerprint density at radius 3 is 2.74 bits per heavy atom. The van der Waals surface area contributed by atoms with Crippen LogP contribution in [0, 0.1) is 0 Å². The Kier molecular flexibility index (Phi) is 5.24. The lowest BCUT2D eigenvalue weighted by atomic mass is 10.1. The number of carbonyl (C=O) groups excluding carboxylic acids is 1. The standard InChI is InChI=1S/C19H23BrN6O/c1-2-25-12-14(20)18(24-25)16-9-10-21-17-11-15(23-26(16)17)19(27)22-13-7-5-3-4-6-8-13/h9-13H,2-8H2,1H3,(H,22,27). The van der Waals surface area contributed by atoms with E-state index in [0.29, 0.717) is 11.3 Å². The van der Waals surface area contributed by atoms with Crippen LogP contribution in [0.25, 0.3) is 17.0 Å². The lowest BCUT2D eigenvalue weighted by Crippen LogP contribution is -2.34. The van der Waals surface area contributed by atoms with Crippen molar-refractivity contribution < 1.29 is 4.79 Å². The largest absolute Gasteiger partial charge is 0.348 e. The summed E-state index contributed by atoms with van der Waals surface area (Å²) in [5.74, 6) is -0.128. The van der Waals surface area contributed by atoms with Crippen molar-refractivity contribution in [3.63, 3.8) is 0 Å². The fraction of sp³-hybridized carbons (Fsp3) is 0.474. The van der Waals surface area contributed by atoms with Gasteiger partial charge < -0.3 is 5.32 Å². The van der Waals surface area contributed by atoms with E-state index in [-0.39, 0.29) is 11.9 Å². The van der Waals surface area contributed by atoms with Crippen molar-refractivity contribution in [2.45, 2.75) is 58.0 Å². The Bertz CT molecular complexity index is 954. The second kappa shape index (κ2) is 7.80. The molecule has 0 atom stereocenters. The summed E-state index contributed by atoms with van der Waals surface area (Å²) in [6.45, 7) is 2.82. The number of amides is 1. The first-order chi connectivity index (χ1) is 13.2. The molecule has 0 unspecified atom stereocenters. The van der Waals surface area contributed by atoms with E-state index in [4.69, 9.17) is 0 Å². The Labute approximate surface area is 166 Å². The minimum Gasteiger partial charge on any atom is -0.348 e. The molecule has 4 rings (SSSR count). The minimum absolute atomic E-state index is 0.128. The Morgan fingerprint density at radius 2 is 2.04 bits per heavy atom. The average molecular weight is 431 g/mol. The Balaban J connectivity index is 1.64. The van der Waals surface area contributed by atoms with E-state index >= 15 is 0 Å². The summed E-state index contributed by atoms with van der Waals surface area (Å²) in [6.07, 6.45) is 10.6. The third-order valence-electron chi connectivity index (χ3n) is 5.06. The molecule has 3 aromatic rings. The number of aromatic nitrogens is 5. The number of nitrogens with one attached hydrogen (secondary N) is 1. The van der Waals surface area contributed by atoms with Crippen molar-refractivity contribution in [2.24, 2.45) is 0 Å². The van der Waals surface area contributed by atoms with E-state index < -0.39 is 0 Å². The van der Waals surface area contributed by atoms with Gasteiger partial charge in [-0.3, -0.25) is 9.48 Å². The van der Waals surface area contributed by atoms with Gasteiger partial charge >= 0.3 is 0 Å². The van der Waals surface area contributed by atoms with Gasteiger partial charge in [-0.25, -0.2) is 9.50 Å². The molecular weight excluding hydrogens is 408 g/mol. The number of hydrogen-bond acceptors (Lipinski definition) is 4. The number of aryl methyl sites for hydroxylation is 1. The van der Waals surface area contributed by atoms with Gasteiger partial charge in [0.05, 0.1) is 10.2 Å². The van der Waals surface area contributed by atoms with Crippen molar-refractivity contribution in [1.82, 2.24) is 29.7 Å². The molecule has 3 aromatic heterocycles. The maximum absolute atomic E-state index is 12.7. The van der Waals surface area contributed by atoms with Gasteiger partial charge in [0.2, 0.25) is 0 Å². The third-order valence-corrected chi connectivity index (χ3v) is 5.64. The van der Waals surface area contributed by atoms with E-state index in [1.807, 2.05) is 23.9 Å². The first-order valence-corrected chi connectivity index (χ1v) is 10.3. The molecule has 7 nitrogen and oxygen atoms in total. The Hall–Kier alpha value is -2.22. The van der Waals surface area contributed by atoms with Crippen molar-refractivity contribution in [3.05, 3.63) is 34.7 Å². The summed E-state index contributed by atoms with van der Waals surface area (Å²) in [5, 5.41) is 12.3. The molecule has 1 aliphatic rings. The van der Waals surface area contributed by atoms with Gasteiger partial charge in [-0.2, -0.15) is 10.2 Å². The molecule has 0 radical (unpaired) electrons. The second-order valence-electron chi connectivity index (χ2n) is 6.97. The lowest BCUT2D eigenvalue weighted by molar-refractivity contribution is 0.0928. The van der Waals surface area contributed by atoms with Gasteiger partial charge in [-0.05, 0) is 41.8 Å². The zero-order valence-electron chi connectivity index (χ0n) is 15.4. The van der Waals surface area contributed by atoms with Gasteiger partial charge in [0.1, 0.15) is 5.69 Å². The van der Waals surface area contributed by atoms with Gasteiger partial charge in [0.15, 0.2) is 11.3 Å². The van der Waals surface area contributed by atoms with Crippen LogP contribution in [0.4, 0.5) is 0 Å². The van der Waals surface area contributed by atoms with Crippen molar-refractivity contribution in [1.29, 1.82) is 0 Å². The van der Waals surface area contributed by atoms with Crippen LogP contribution in [0.5, 0.6) is 0 Å². The maximum atomic E-state index is 12.7. The first-order valence-electron chi connectivity index (χ1n) is 9.54. The zero-order chi connectivity index (χ0) is 18.8. The van der Waals surface area contributed by atoms with E-state index in [9.17, 15) is 4.79 Å². The zero-order valence-corrected chi connectivity index (χ0v) is 16.9. The summed E-state index contributed by atoms with van der Waals surface area (Å²) in [4.78, 5) is 17.1. The molecule has 0 spiro atoms. The summed E-state index contributed by atoms with van der Waals surface area (Å²) >= 11 is 3.57. The van der Waals surface area contributed by atoms with Gasteiger partial charge in [-0.1, -0.05) is 25.7 Å². The molecular formula is C19H23BrN6O. The summed E-state index contributed by atoms with van der Waals surface area (Å²) in [6, 6.07) is 3.84. The highest BCUT2D eigenvalue weighted by Crippen LogP contribution is 2.27. The predicted molar refractivity (Wildman–Crippen MR) is 107 cm³/mol. The van der Waals surface area contributed by atoms with Crippen LogP contribution in [0.3, 0.4) is 0 Å². The highest BCUT2D eigenvalue weighted by molar-refractivity contribution is 9.10. The minimum atomic E-state index is -0.128. The number of hydrogen-bond donors (Lipinski definition) is 1. The average Bonchev–Trinajstić information content (AvgIpc) is 3.18. The molecule has 0 aromatic carbocycles. The summed E-state index contributed by atoms with van der Waals surface area (Å²) < 4.78 is 4.43.